The maximum atomic E-state index is 12.0. The topological polar surface area (TPSA) is 64.0 Å². The van der Waals surface area contributed by atoms with Gasteiger partial charge in [-0.15, -0.1) is 0 Å². The highest BCUT2D eigenvalue weighted by Crippen LogP contribution is 2.19. The van der Waals surface area contributed by atoms with Gasteiger partial charge < -0.3 is 5.32 Å². The van der Waals surface area contributed by atoms with Crippen molar-refractivity contribution in [2.24, 2.45) is 0 Å². The average molecular weight is 285 g/mol. The molecule has 0 unspecified atom stereocenters. The quantitative estimate of drug-likeness (QED) is 0.857. The van der Waals surface area contributed by atoms with Gasteiger partial charge in [-0.05, 0) is 33.6 Å². The van der Waals surface area contributed by atoms with Crippen LogP contribution < -0.4 is 5.32 Å². The van der Waals surface area contributed by atoms with E-state index in [0.29, 0.717) is 12.6 Å². The first-order chi connectivity index (χ1) is 8.78. The summed E-state index contributed by atoms with van der Waals surface area (Å²) in [6.45, 7) is 6.43. The fourth-order valence-electron chi connectivity index (χ4n) is 1.69. The van der Waals surface area contributed by atoms with Gasteiger partial charge in [-0.2, -0.15) is 5.10 Å². The van der Waals surface area contributed by atoms with Crippen LogP contribution >= 0.6 is 0 Å². The fraction of sp³-hybridized carbons (Fsp3) is 0.769. The number of sulfone groups is 1. The zero-order valence-electron chi connectivity index (χ0n) is 11.9. The summed E-state index contributed by atoms with van der Waals surface area (Å²) in [4.78, 5) is 0. The second-order valence-electron chi connectivity index (χ2n) is 6.20. The van der Waals surface area contributed by atoms with Crippen molar-refractivity contribution in [3.8, 4) is 0 Å². The molecule has 1 aliphatic carbocycles. The van der Waals surface area contributed by atoms with Crippen LogP contribution in [-0.4, -0.2) is 34.7 Å². The third kappa shape index (κ3) is 4.04. The number of aryl methyl sites for hydroxylation is 1. The molecule has 6 heteroatoms. The summed E-state index contributed by atoms with van der Waals surface area (Å²) in [5.74, 6) is 0.133. The zero-order valence-corrected chi connectivity index (χ0v) is 12.7. The SMILES string of the molecule is CC(C)(C)S(=O)(=O)CCn1cc(CNC2CC2)cn1. The molecule has 1 aromatic heterocycles. The molecule has 1 N–H and O–H groups in total. The molecule has 0 spiro atoms. The summed E-state index contributed by atoms with van der Waals surface area (Å²) in [7, 11) is -3.08. The van der Waals surface area contributed by atoms with Gasteiger partial charge in [-0.3, -0.25) is 4.68 Å². The molecule has 1 heterocycles. The van der Waals surface area contributed by atoms with Crippen molar-refractivity contribution in [2.45, 2.75) is 57.5 Å². The Kier molecular flexibility index (Phi) is 4.01. The van der Waals surface area contributed by atoms with Gasteiger partial charge in [0.1, 0.15) is 0 Å². The van der Waals surface area contributed by atoms with Gasteiger partial charge in [0.05, 0.1) is 23.2 Å². The highest BCUT2D eigenvalue weighted by molar-refractivity contribution is 7.92. The van der Waals surface area contributed by atoms with Gasteiger partial charge in [0.2, 0.25) is 0 Å². The van der Waals surface area contributed by atoms with Crippen LogP contribution in [0.1, 0.15) is 39.2 Å². The molecule has 0 atom stereocenters. The first-order valence-corrected chi connectivity index (χ1v) is 8.40. The van der Waals surface area contributed by atoms with Gasteiger partial charge in [0.15, 0.2) is 9.84 Å². The smallest absolute Gasteiger partial charge is 0.157 e. The minimum Gasteiger partial charge on any atom is -0.310 e. The van der Waals surface area contributed by atoms with Crippen LogP contribution in [0.2, 0.25) is 0 Å². The van der Waals surface area contributed by atoms with Crippen molar-refractivity contribution >= 4 is 9.84 Å². The summed E-state index contributed by atoms with van der Waals surface area (Å²) in [6, 6.07) is 0.671. The monoisotopic (exact) mass is 285 g/mol. The molecule has 0 aromatic carbocycles. The van der Waals surface area contributed by atoms with Crippen molar-refractivity contribution < 1.29 is 8.42 Å². The zero-order chi connectivity index (χ0) is 14.1. The van der Waals surface area contributed by atoms with Crippen molar-refractivity contribution in [3.63, 3.8) is 0 Å². The number of aromatic nitrogens is 2. The molecular weight excluding hydrogens is 262 g/mol. The molecule has 5 nitrogen and oxygen atoms in total. The Morgan fingerprint density at radius 1 is 1.42 bits per heavy atom. The summed E-state index contributed by atoms with van der Waals surface area (Å²) in [5.41, 5.74) is 1.11. The molecule has 0 radical (unpaired) electrons. The summed E-state index contributed by atoms with van der Waals surface area (Å²) in [6.07, 6.45) is 6.25. The van der Waals surface area contributed by atoms with Gasteiger partial charge >= 0.3 is 0 Å². The number of rotatable bonds is 6. The predicted molar refractivity (Wildman–Crippen MR) is 75.6 cm³/mol. The van der Waals surface area contributed by atoms with Crippen LogP contribution in [-0.2, 0) is 22.9 Å². The lowest BCUT2D eigenvalue weighted by atomic mass is 10.3. The summed E-state index contributed by atoms with van der Waals surface area (Å²) < 4.78 is 25.0. The first-order valence-electron chi connectivity index (χ1n) is 6.75. The van der Waals surface area contributed by atoms with E-state index in [0.717, 1.165) is 12.1 Å². The lowest BCUT2D eigenvalue weighted by Gasteiger charge is -2.18. The Morgan fingerprint density at radius 3 is 2.68 bits per heavy atom. The van der Waals surface area contributed by atoms with E-state index in [9.17, 15) is 8.42 Å². The third-order valence-electron chi connectivity index (χ3n) is 3.38. The van der Waals surface area contributed by atoms with Crippen LogP contribution in [0.5, 0.6) is 0 Å². The maximum absolute atomic E-state index is 12.0. The summed E-state index contributed by atoms with van der Waals surface area (Å²) in [5, 5.41) is 7.62. The number of hydrogen-bond acceptors (Lipinski definition) is 4. The lowest BCUT2D eigenvalue weighted by molar-refractivity contribution is 0.548. The van der Waals surface area contributed by atoms with E-state index in [-0.39, 0.29) is 5.75 Å². The van der Waals surface area contributed by atoms with E-state index in [1.54, 1.807) is 31.6 Å². The fourth-order valence-corrected chi connectivity index (χ4v) is 2.73. The highest BCUT2D eigenvalue weighted by Gasteiger charge is 2.28. The van der Waals surface area contributed by atoms with Gasteiger partial charge in [-0.1, -0.05) is 0 Å². The predicted octanol–water partition coefficient (Wildman–Crippen LogP) is 1.35. The van der Waals surface area contributed by atoms with Gasteiger partial charge in [0, 0.05) is 24.3 Å². The molecular formula is C13H23N3O2S. The molecule has 0 aliphatic heterocycles. The van der Waals surface area contributed by atoms with Crippen LogP contribution in [0.4, 0.5) is 0 Å². The standard InChI is InChI=1S/C13H23N3O2S/c1-13(2,3)19(17,18)7-6-16-10-11(9-15-16)8-14-12-4-5-12/h9-10,12,14H,4-8H2,1-3H3. The van der Waals surface area contributed by atoms with Crippen LogP contribution in [0, 0.1) is 0 Å². The minimum absolute atomic E-state index is 0.133. The van der Waals surface area contributed by atoms with E-state index >= 15 is 0 Å². The molecule has 0 amide bonds. The van der Waals surface area contributed by atoms with Crippen molar-refractivity contribution in [2.75, 3.05) is 5.75 Å². The van der Waals surface area contributed by atoms with Crippen LogP contribution in [0.15, 0.2) is 12.4 Å². The van der Waals surface area contributed by atoms with E-state index < -0.39 is 14.6 Å². The summed E-state index contributed by atoms with van der Waals surface area (Å²) >= 11 is 0. The largest absolute Gasteiger partial charge is 0.310 e. The van der Waals surface area contributed by atoms with Crippen molar-refractivity contribution in [1.82, 2.24) is 15.1 Å². The number of nitrogens with one attached hydrogen (secondary N) is 1. The number of hydrogen-bond donors (Lipinski definition) is 1. The molecule has 19 heavy (non-hydrogen) atoms. The molecule has 1 fully saturated rings. The molecule has 1 aromatic rings. The minimum atomic E-state index is -3.08. The highest BCUT2D eigenvalue weighted by atomic mass is 32.2. The molecule has 1 saturated carbocycles. The Balaban J connectivity index is 1.85. The van der Waals surface area contributed by atoms with Gasteiger partial charge in [0.25, 0.3) is 0 Å². The maximum Gasteiger partial charge on any atom is 0.157 e. The van der Waals surface area contributed by atoms with Crippen molar-refractivity contribution in [1.29, 1.82) is 0 Å². The van der Waals surface area contributed by atoms with E-state index in [1.807, 2.05) is 6.20 Å². The van der Waals surface area contributed by atoms with E-state index in [1.165, 1.54) is 12.8 Å². The van der Waals surface area contributed by atoms with E-state index in [2.05, 4.69) is 10.4 Å². The van der Waals surface area contributed by atoms with Crippen molar-refractivity contribution in [3.05, 3.63) is 18.0 Å². The molecule has 0 bridgehead atoms. The first kappa shape index (κ1) is 14.5. The van der Waals surface area contributed by atoms with Crippen LogP contribution in [0.3, 0.4) is 0 Å². The Morgan fingerprint density at radius 2 is 2.11 bits per heavy atom. The second kappa shape index (κ2) is 5.25. The Labute approximate surface area is 115 Å². The second-order valence-corrected chi connectivity index (χ2v) is 9.06. The van der Waals surface area contributed by atoms with E-state index in [4.69, 9.17) is 0 Å². The average Bonchev–Trinajstić information content (AvgIpc) is 3.01. The normalized spacial score (nSPS) is 16.8. The molecule has 2 rings (SSSR count). The molecule has 108 valence electrons. The third-order valence-corrected chi connectivity index (χ3v) is 5.97. The molecule has 1 aliphatic rings. The number of nitrogens with zero attached hydrogens (tertiary/aromatic N) is 2. The van der Waals surface area contributed by atoms with Gasteiger partial charge in [-0.25, -0.2) is 8.42 Å². The Hall–Kier alpha value is -0.880. The Bertz CT molecular complexity index is 524. The lowest BCUT2D eigenvalue weighted by Crippen LogP contribution is -2.32. The van der Waals surface area contributed by atoms with Crippen LogP contribution in [0.25, 0.3) is 0 Å². The molecule has 0 saturated heterocycles.